The first-order valence-electron chi connectivity index (χ1n) is 5.24. The minimum atomic E-state index is -1.000. The van der Waals surface area contributed by atoms with E-state index in [0.717, 1.165) is 22.6 Å². The van der Waals surface area contributed by atoms with Crippen LogP contribution in [0.5, 0.6) is 0 Å². The Kier molecular flexibility index (Phi) is 3.84. The lowest BCUT2D eigenvalue weighted by molar-refractivity contribution is 0.0696. The zero-order chi connectivity index (χ0) is 13.1. The lowest BCUT2D eigenvalue weighted by Crippen LogP contribution is -2.03. The van der Waals surface area contributed by atoms with Crippen LogP contribution >= 0.6 is 22.9 Å². The summed E-state index contributed by atoms with van der Waals surface area (Å²) in [6.45, 7) is 2.41. The van der Waals surface area contributed by atoms with E-state index in [2.05, 4.69) is 10.3 Å². The van der Waals surface area contributed by atoms with Crippen LogP contribution < -0.4 is 5.32 Å². The summed E-state index contributed by atoms with van der Waals surface area (Å²) in [6.07, 6.45) is 0. The molecule has 0 aliphatic heterocycles. The minimum Gasteiger partial charge on any atom is -0.476 e. The first-order valence-corrected chi connectivity index (χ1v) is 6.50. The zero-order valence-corrected chi connectivity index (χ0v) is 11.2. The number of nitrogens with one attached hydrogen (secondary N) is 1. The fourth-order valence-corrected chi connectivity index (χ4v) is 2.46. The highest BCUT2D eigenvalue weighted by Crippen LogP contribution is 2.25. The number of carbonyl (C=O) groups is 1. The molecule has 2 rings (SSSR count). The van der Waals surface area contributed by atoms with Crippen LogP contribution in [-0.2, 0) is 6.54 Å². The molecule has 0 radical (unpaired) electrons. The number of aromatic carboxylic acids is 1. The molecule has 1 aromatic heterocycles. The Morgan fingerprint density at radius 2 is 2.33 bits per heavy atom. The van der Waals surface area contributed by atoms with E-state index in [1.54, 1.807) is 11.4 Å². The molecule has 0 amide bonds. The monoisotopic (exact) mass is 282 g/mol. The quantitative estimate of drug-likeness (QED) is 0.902. The molecule has 0 saturated heterocycles. The third-order valence-corrected chi connectivity index (χ3v) is 3.60. The molecule has 2 N–H and O–H groups in total. The van der Waals surface area contributed by atoms with Gasteiger partial charge in [0.1, 0.15) is 0 Å². The fraction of sp³-hybridized carbons (Fsp3) is 0.167. The smallest absolute Gasteiger partial charge is 0.365 e. The predicted molar refractivity (Wildman–Crippen MR) is 72.6 cm³/mol. The minimum absolute atomic E-state index is 0.0997. The number of thiazole rings is 1. The van der Waals surface area contributed by atoms with E-state index in [0.29, 0.717) is 17.3 Å². The van der Waals surface area contributed by atoms with Gasteiger partial charge in [-0.25, -0.2) is 9.78 Å². The summed E-state index contributed by atoms with van der Waals surface area (Å²) in [5.74, 6) is -1.000. The Bertz CT molecular complexity index is 563. The van der Waals surface area contributed by atoms with Gasteiger partial charge in [0.15, 0.2) is 0 Å². The molecule has 0 saturated carbocycles. The molecule has 0 unspecified atom stereocenters. The van der Waals surface area contributed by atoms with Crippen LogP contribution in [-0.4, -0.2) is 16.1 Å². The molecule has 0 fully saturated rings. The maximum atomic E-state index is 10.7. The summed E-state index contributed by atoms with van der Waals surface area (Å²) < 4.78 is 0. The van der Waals surface area contributed by atoms with E-state index < -0.39 is 5.97 Å². The number of halogens is 1. The highest BCUT2D eigenvalue weighted by atomic mass is 35.5. The molecule has 18 heavy (non-hydrogen) atoms. The molecule has 4 nitrogen and oxygen atoms in total. The number of nitrogens with zero attached hydrogens (tertiary/aromatic N) is 1. The first-order chi connectivity index (χ1) is 8.58. The van der Waals surface area contributed by atoms with Crippen molar-refractivity contribution >= 4 is 34.6 Å². The van der Waals surface area contributed by atoms with Crippen LogP contribution in [0, 0.1) is 6.92 Å². The largest absolute Gasteiger partial charge is 0.476 e. The lowest BCUT2D eigenvalue weighted by atomic mass is 10.2. The van der Waals surface area contributed by atoms with Gasteiger partial charge in [0.25, 0.3) is 0 Å². The van der Waals surface area contributed by atoms with Crippen LogP contribution in [0.4, 0.5) is 5.69 Å². The standard InChI is InChI=1S/C12H11ClN2O2S/c1-7-3-2-4-9(13)10(7)14-5-8-6-18-11(15-8)12(16)17/h2-4,6,14H,5H2,1H3,(H,16,17). The third-order valence-electron chi connectivity index (χ3n) is 2.40. The maximum Gasteiger partial charge on any atom is 0.365 e. The van der Waals surface area contributed by atoms with Crippen LogP contribution in [0.3, 0.4) is 0 Å². The molecule has 0 aliphatic rings. The molecule has 94 valence electrons. The predicted octanol–water partition coefficient (Wildman–Crippen LogP) is 3.42. The number of para-hydroxylation sites is 1. The highest BCUT2D eigenvalue weighted by Gasteiger charge is 2.09. The molecule has 6 heteroatoms. The average Bonchev–Trinajstić information content (AvgIpc) is 2.77. The Labute approximate surface area is 113 Å². The molecule has 2 aromatic rings. The Morgan fingerprint density at radius 3 is 2.94 bits per heavy atom. The van der Waals surface area contributed by atoms with Crippen molar-refractivity contribution in [3.05, 3.63) is 44.9 Å². The number of carboxylic acid groups (broad SMARTS) is 1. The summed E-state index contributed by atoms with van der Waals surface area (Å²) >= 11 is 7.19. The average molecular weight is 283 g/mol. The van der Waals surface area contributed by atoms with E-state index >= 15 is 0 Å². The topological polar surface area (TPSA) is 62.2 Å². The van der Waals surface area contributed by atoms with Gasteiger partial charge in [-0.2, -0.15) is 0 Å². The van der Waals surface area contributed by atoms with Crippen molar-refractivity contribution in [1.29, 1.82) is 0 Å². The van der Waals surface area contributed by atoms with Crippen LogP contribution in [0.1, 0.15) is 21.1 Å². The van der Waals surface area contributed by atoms with Gasteiger partial charge in [0, 0.05) is 5.38 Å². The Balaban J connectivity index is 2.09. The van der Waals surface area contributed by atoms with Crippen LogP contribution in [0.2, 0.25) is 5.02 Å². The second-order valence-corrected chi connectivity index (χ2v) is 5.00. The first kappa shape index (κ1) is 12.9. The summed E-state index contributed by atoms with van der Waals surface area (Å²) in [4.78, 5) is 14.7. The number of aryl methyl sites for hydroxylation is 1. The van der Waals surface area contributed by atoms with Gasteiger partial charge >= 0.3 is 5.97 Å². The molecular formula is C12H11ClN2O2S. The summed E-state index contributed by atoms with van der Waals surface area (Å²) in [6, 6.07) is 5.65. The number of aromatic nitrogens is 1. The Hall–Kier alpha value is -1.59. The second-order valence-electron chi connectivity index (χ2n) is 3.73. The third kappa shape index (κ3) is 2.80. The molecule has 0 atom stereocenters. The van der Waals surface area contributed by atoms with Gasteiger partial charge in [0.2, 0.25) is 5.01 Å². The number of hydrogen-bond acceptors (Lipinski definition) is 4. The zero-order valence-electron chi connectivity index (χ0n) is 9.61. The number of benzene rings is 1. The molecule has 0 spiro atoms. The van der Waals surface area contributed by atoms with Crippen molar-refractivity contribution in [1.82, 2.24) is 4.98 Å². The second kappa shape index (κ2) is 5.37. The van der Waals surface area contributed by atoms with E-state index in [4.69, 9.17) is 16.7 Å². The van der Waals surface area contributed by atoms with E-state index in [-0.39, 0.29) is 5.01 Å². The summed E-state index contributed by atoms with van der Waals surface area (Å²) in [7, 11) is 0. The lowest BCUT2D eigenvalue weighted by Gasteiger charge is -2.09. The van der Waals surface area contributed by atoms with Crippen molar-refractivity contribution in [2.45, 2.75) is 13.5 Å². The summed E-state index contributed by atoms with van der Waals surface area (Å²) in [5, 5.41) is 14.4. The number of carboxylic acids is 1. The van der Waals surface area contributed by atoms with E-state index in [1.165, 1.54) is 0 Å². The summed E-state index contributed by atoms with van der Waals surface area (Å²) in [5.41, 5.74) is 2.58. The molecule has 1 heterocycles. The highest BCUT2D eigenvalue weighted by molar-refractivity contribution is 7.11. The van der Waals surface area contributed by atoms with Crippen LogP contribution in [0.15, 0.2) is 23.6 Å². The molecule has 0 aliphatic carbocycles. The molecular weight excluding hydrogens is 272 g/mol. The Morgan fingerprint density at radius 1 is 1.56 bits per heavy atom. The van der Waals surface area contributed by atoms with Crippen LogP contribution in [0.25, 0.3) is 0 Å². The van der Waals surface area contributed by atoms with Gasteiger partial charge in [-0.1, -0.05) is 23.7 Å². The van der Waals surface area contributed by atoms with Gasteiger partial charge in [-0.15, -0.1) is 11.3 Å². The van der Waals surface area contributed by atoms with Gasteiger partial charge in [-0.3, -0.25) is 0 Å². The van der Waals surface area contributed by atoms with E-state index in [1.807, 2.05) is 19.1 Å². The van der Waals surface area contributed by atoms with Crippen molar-refractivity contribution < 1.29 is 9.90 Å². The van der Waals surface area contributed by atoms with Crippen molar-refractivity contribution in [3.8, 4) is 0 Å². The maximum absolute atomic E-state index is 10.7. The van der Waals surface area contributed by atoms with E-state index in [9.17, 15) is 4.79 Å². The number of rotatable bonds is 4. The van der Waals surface area contributed by atoms with Crippen molar-refractivity contribution in [2.24, 2.45) is 0 Å². The van der Waals surface area contributed by atoms with Gasteiger partial charge < -0.3 is 10.4 Å². The van der Waals surface area contributed by atoms with Gasteiger partial charge in [0.05, 0.1) is 22.9 Å². The normalized spacial score (nSPS) is 10.3. The molecule has 1 aromatic carbocycles. The number of hydrogen-bond donors (Lipinski definition) is 2. The van der Waals surface area contributed by atoms with Gasteiger partial charge in [-0.05, 0) is 18.6 Å². The molecule has 0 bridgehead atoms. The van der Waals surface area contributed by atoms with Crippen molar-refractivity contribution in [3.63, 3.8) is 0 Å². The van der Waals surface area contributed by atoms with Crippen molar-refractivity contribution in [2.75, 3.05) is 5.32 Å². The SMILES string of the molecule is Cc1cccc(Cl)c1NCc1csc(C(=O)O)n1. The fourth-order valence-electron chi connectivity index (χ4n) is 1.52. The number of anilines is 1.